The zero-order valence-electron chi connectivity index (χ0n) is 13.7. The third-order valence-electron chi connectivity index (χ3n) is 4.52. The molecule has 1 aromatic carbocycles. The molecule has 0 saturated carbocycles. The summed E-state index contributed by atoms with van der Waals surface area (Å²) in [6, 6.07) is 9.02. The lowest BCUT2D eigenvalue weighted by Gasteiger charge is -2.34. The molecule has 1 heterocycles. The third-order valence-corrected chi connectivity index (χ3v) is 4.52. The van der Waals surface area contributed by atoms with Crippen molar-refractivity contribution in [1.29, 1.82) is 0 Å². The first-order valence-electron chi connectivity index (χ1n) is 8.29. The van der Waals surface area contributed by atoms with Crippen LogP contribution in [0.2, 0.25) is 0 Å². The van der Waals surface area contributed by atoms with Crippen LogP contribution in [0.3, 0.4) is 0 Å². The molecular formula is C19H22N2O3. The SMILES string of the molecule is CC1=C(C(=O)OCc2ccccc2)[C@@H]([C@@H]2CC=CCC2)NC(=O)N1. The summed E-state index contributed by atoms with van der Waals surface area (Å²) in [4.78, 5) is 24.5. The summed E-state index contributed by atoms with van der Waals surface area (Å²) in [6.07, 6.45) is 7.03. The highest BCUT2D eigenvalue weighted by Crippen LogP contribution is 2.29. The largest absolute Gasteiger partial charge is 0.457 e. The van der Waals surface area contributed by atoms with Gasteiger partial charge in [0.2, 0.25) is 0 Å². The van der Waals surface area contributed by atoms with Gasteiger partial charge in [-0.05, 0) is 37.7 Å². The van der Waals surface area contributed by atoms with Gasteiger partial charge in [0.25, 0.3) is 0 Å². The van der Waals surface area contributed by atoms with Crippen LogP contribution < -0.4 is 10.6 Å². The van der Waals surface area contributed by atoms with Crippen molar-refractivity contribution in [3.8, 4) is 0 Å². The summed E-state index contributed by atoms with van der Waals surface area (Å²) in [5.41, 5.74) is 2.05. The van der Waals surface area contributed by atoms with Crippen molar-refractivity contribution in [3.63, 3.8) is 0 Å². The standard InChI is InChI=1S/C19H22N2O3/c1-13-16(18(22)24-12-14-8-4-2-5-9-14)17(21-19(23)20-13)15-10-6-3-7-11-15/h2-6,8-9,15,17H,7,10-12H2,1H3,(H2,20,21,23)/t15-,17-/m1/s1. The van der Waals surface area contributed by atoms with E-state index in [4.69, 9.17) is 4.74 Å². The van der Waals surface area contributed by atoms with E-state index in [0.29, 0.717) is 11.3 Å². The molecule has 1 aliphatic carbocycles. The molecule has 0 spiro atoms. The van der Waals surface area contributed by atoms with Gasteiger partial charge in [-0.3, -0.25) is 0 Å². The second-order valence-electron chi connectivity index (χ2n) is 6.22. The van der Waals surface area contributed by atoms with E-state index in [1.807, 2.05) is 30.3 Å². The lowest BCUT2D eigenvalue weighted by molar-refractivity contribution is -0.141. The van der Waals surface area contributed by atoms with Crippen LogP contribution in [0.5, 0.6) is 0 Å². The molecule has 0 unspecified atom stereocenters. The summed E-state index contributed by atoms with van der Waals surface area (Å²) in [7, 11) is 0. The van der Waals surface area contributed by atoms with Crippen molar-refractivity contribution in [3.05, 3.63) is 59.3 Å². The number of amides is 2. The number of urea groups is 1. The molecule has 1 aliphatic heterocycles. The molecule has 5 nitrogen and oxygen atoms in total. The molecular weight excluding hydrogens is 304 g/mol. The maximum absolute atomic E-state index is 12.7. The molecule has 24 heavy (non-hydrogen) atoms. The second kappa shape index (κ2) is 7.34. The minimum absolute atomic E-state index is 0.218. The molecule has 126 valence electrons. The van der Waals surface area contributed by atoms with Crippen molar-refractivity contribution in [2.24, 2.45) is 5.92 Å². The number of carbonyl (C=O) groups excluding carboxylic acids is 2. The van der Waals surface area contributed by atoms with E-state index in [0.717, 1.165) is 24.8 Å². The van der Waals surface area contributed by atoms with Gasteiger partial charge in [0, 0.05) is 5.70 Å². The van der Waals surface area contributed by atoms with Gasteiger partial charge in [-0.1, -0.05) is 42.5 Å². The van der Waals surface area contributed by atoms with E-state index in [2.05, 4.69) is 22.8 Å². The Morgan fingerprint density at radius 1 is 1.25 bits per heavy atom. The van der Waals surface area contributed by atoms with Crippen LogP contribution >= 0.6 is 0 Å². The number of esters is 1. The topological polar surface area (TPSA) is 67.4 Å². The monoisotopic (exact) mass is 326 g/mol. The highest BCUT2D eigenvalue weighted by Gasteiger charge is 2.36. The summed E-state index contributed by atoms with van der Waals surface area (Å²) in [6.45, 7) is 1.98. The average molecular weight is 326 g/mol. The average Bonchev–Trinajstić information content (AvgIpc) is 2.60. The van der Waals surface area contributed by atoms with Crippen LogP contribution in [0.4, 0.5) is 4.79 Å². The van der Waals surface area contributed by atoms with Gasteiger partial charge in [0.15, 0.2) is 0 Å². The number of hydrogen-bond donors (Lipinski definition) is 2. The van der Waals surface area contributed by atoms with Crippen LogP contribution in [0.1, 0.15) is 31.7 Å². The number of allylic oxidation sites excluding steroid dienone is 3. The van der Waals surface area contributed by atoms with E-state index in [1.165, 1.54) is 0 Å². The second-order valence-corrected chi connectivity index (χ2v) is 6.22. The van der Waals surface area contributed by atoms with Crippen molar-refractivity contribution < 1.29 is 14.3 Å². The van der Waals surface area contributed by atoms with Gasteiger partial charge in [0.05, 0.1) is 11.6 Å². The smallest absolute Gasteiger partial charge is 0.338 e. The van der Waals surface area contributed by atoms with Gasteiger partial charge in [-0.25, -0.2) is 9.59 Å². The Balaban J connectivity index is 1.76. The van der Waals surface area contributed by atoms with Crippen molar-refractivity contribution in [2.75, 3.05) is 0 Å². The zero-order valence-corrected chi connectivity index (χ0v) is 13.7. The van der Waals surface area contributed by atoms with Crippen LogP contribution in [-0.2, 0) is 16.1 Å². The number of benzene rings is 1. The summed E-state index contributed by atoms with van der Waals surface area (Å²) >= 11 is 0. The van der Waals surface area contributed by atoms with E-state index < -0.39 is 0 Å². The lowest BCUT2D eigenvalue weighted by Crippen LogP contribution is -2.53. The Bertz CT molecular complexity index is 679. The molecule has 0 fully saturated rings. The van der Waals surface area contributed by atoms with Crippen molar-refractivity contribution >= 4 is 12.0 Å². The first-order chi connectivity index (χ1) is 11.6. The van der Waals surface area contributed by atoms with Crippen LogP contribution in [0.15, 0.2) is 53.8 Å². The van der Waals surface area contributed by atoms with E-state index in [1.54, 1.807) is 6.92 Å². The molecule has 0 radical (unpaired) electrons. The van der Waals surface area contributed by atoms with Crippen LogP contribution in [0.25, 0.3) is 0 Å². The minimum atomic E-state index is -0.372. The Morgan fingerprint density at radius 3 is 2.75 bits per heavy atom. The maximum atomic E-state index is 12.7. The summed E-state index contributed by atoms with van der Waals surface area (Å²) in [5, 5.41) is 5.59. The van der Waals surface area contributed by atoms with E-state index in [9.17, 15) is 9.59 Å². The van der Waals surface area contributed by atoms with Crippen LogP contribution in [-0.4, -0.2) is 18.0 Å². The molecule has 2 aliphatic rings. The zero-order chi connectivity index (χ0) is 16.9. The number of ether oxygens (including phenoxy) is 1. The van der Waals surface area contributed by atoms with Gasteiger partial charge in [-0.2, -0.15) is 0 Å². The number of carbonyl (C=O) groups is 2. The highest BCUT2D eigenvalue weighted by atomic mass is 16.5. The number of nitrogens with one attached hydrogen (secondary N) is 2. The molecule has 5 heteroatoms. The highest BCUT2D eigenvalue weighted by molar-refractivity contribution is 5.94. The predicted octanol–water partition coefficient (Wildman–Crippen LogP) is 3.04. The Labute approximate surface area is 141 Å². The van der Waals surface area contributed by atoms with Gasteiger partial charge < -0.3 is 15.4 Å². The molecule has 2 N–H and O–H groups in total. The Morgan fingerprint density at radius 2 is 2.04 bits per heavy atom. The summed E-state index contributed by atoms with van der Waals surface area (Å²) < 4.78 is 5.49. The normalized spacial score (nSPS) is 23.5. The molecule has 0 bridgehead atoms. The maximum Gasteiger partial charge on any atom is 0.338 e. The fourth-order valence-electron chi connectivity index (χ4n) is 3.27. The fraction of sp³-hybridized carbons (Fsp3) is 0.368. The number of hydrogen-bond acceptors (Lipinski definition) is 3. The molecule has 0 aromatic heterocycles. The number of rotatable bonds is 4. The van der Waals surface area contributed by atoms with Gasteiger partial charge in [0.1, 0.15) is 6.61 Å². The van der Waals surface area contributed by atoms with Gasteiger partial charge >= 0.3 is 12.0 Å². The summed E-state index contributed by atoms with van der Waals surface area (Å²) in [5.74, 6) is -0.154. The van der Waals surface area contributed by atoms with E-state index >= 15 is 0 Å². The predicted molar refractivity (Wildman–Crippen MR) is 90.9 cm³/mol. The lowest BCUT2D eigenvalue weighted by atomic mass is 9.82. The van der Waals surface area contributed by atoms with E-state index in [-0.39, 0.29) is 30.6 Å². The first-order valence-corrected chi connectivity index (χ1v) is 8.29. The minimum Gasteiger partial charge on any atom is -0.457 e. The van der Waals surface area contributed by atoms with Crippen molar-refractivity contribution in [1.82, 2.24) is 10.6 Å². The van der Waals surface area contributed by atoms with Gasteiger partial charge in [-0.15, -0.1) is 0 Å². The molecule has 2 amide bonds. The molecule has 2 atom stereocenters. The fourth-order valence-corrected chi connectivity index (χ4v) is 3.27. The quantitative estimate of drug-likeness (QED) is 0.660. The molecule has 0 saturated heterocycles. The first kappa shape index (κ1) is 16.3. The molecule has 3 rings (SSSR count). The third kappa shape index (κ3) is 3.67. The Kier molecular flexibility index (Phi) is 4.99. The Hall–Kier alpha value is -2.56. The van der Waals surface area contributed by atoms with Crippen LogP contribution in [0, 0.1) is 5.92 Å². The van der Waals surface area contributed by atoms with Crippen molar-refractivity contribution in [2.45, 2.75) is 38.8 Å². The molecule has 1 aromatic rings.